The highest BCUT2D eigenvalue weighted by Crippen LogP contribution is 2.33. The summed E-state index contributed by atoms with van der Waals surface area (Å²) in [6.45, 7) is 12.1. The van der Waals surface area contributed by atoms with E-state index >= 15 is 0 Å². The van der Waals surface area contributed by atoms with Crippen LogP contribution in [0.4, 0.5) is 0 Å². The molecule has 2 N–H and O–H groups in total. The second kappa shape index (κ2) is 6.07. The molecular weight excluding hydrogens is 258 g/mol. The Hall–Kier alpha value is -1.54. The van der Waals surface area contributed by atoms with E-state index in [1.54, 1.807) is 0 Å². The van der Waals surface area contributed by atoms with Crippen LogP contribution in [0.15, 0.2) is 36.4 Å². The number of fused-ring (bicyclic) bond motifs is 1. The first-order chi connectivity index (χ1) is 9.83. The van der Waals surface area contributed by atoms with Crippen molar-refractivity contribution in [2.24, 2.45) is 11.3 Å². The van der Waals surface area contributed by atoms with Crippen LogP contribution in [-0.2, 0) is 0 Å². The summed E-state index contributed by atoms with van der Waals surface area (Å²) in [7, 11) is 0. The summed E-state index contributed by atoms with van der Waals surface area (Å²) in [5, 5.41) is 16.1. The van der Waals surface area contributed by atoms with Gasteiger partial charge in [-0.2, -0.15) is 0 Å². The molecule has 0 saturated carbocycles. The lowest BCUT2D eigenvalue weighted by Crippen LogP contribution is -2.34. The molecular formula is C19H27NO. The van der Waals surface area contributed by atoms with Gasteiger partial charge in [0, 0.05) is 23.5 Å². The second-order valence-electron chi connectivity index (χ2n) is 6.97. The van der Waals surface area contributed by atoms with E-state index in [4.69, 9.17) is 0 Å². The zero-order chi connectivity index (χ0) is 15.6. The molecule has 0 aliphatic rings. The summed E-state index contributed by atoms with van der Waals surface area (Å²) in [6.07, 6.45) is 0. The topological polar surface area (TPSA) is 32.3 Å². The Balaban J connectivity index is 2.20. The van der Waals surface area contributed by atoms with E-state index in [1.807, 2.05) is 30.3 Å². The maximum absolute atomic E-state index is 10.5. The molecule has 1 unspecified atom stereocenters. The van der Waals surface area contributed by atoms with Gasteiger partial charge in [0.1, 0.15) is 5.75 Å². The third kappa shape index (κ3) is 3.38. The smallest absolute Gasteiger partial charge is 0.128 e. The number of rotatable bonds is 5. The Kier molecular flexibility index (Phi) is 4.58. The van der Waals surface area contributed by atoms with Crippen molar-refractivity contribution in [3.8, 4) is 5.75 Å². The average Bonchev–Trinajstić information content (AvgIpc) is 2.45. The molecule has 2 rings (SSSR count). The van der Waals surface area contributed by atoms with Gasteiger partial charge in [0.25, 0.3) is 0 Å². The molecule has 0 heterocycles. The Labute approximate surface area is 128 Å². The van der Waals surface area contributed by atoms with Gasteiger partial charge in [0.2, 0.25) is 0 Å². The molecule has 0 aliphatic carbocycles. The molecule has 2 heteroatoms. The van der Waals surface area contributed by atoms with Gasteiger partial charge in [-0.15, -0.1) is 0 Å². The minimum Gasteiger partial charge on any atom is -0.507 e. The van der Waals surface area contributed by atoms with E-state index in [0.29, 0.717) is 11.7 Å². The molecule has 0 radical (unpaired) electrons. The Morgan fingerprint density at radius 2 is 1.71 bits per heavy atom. The van der Waals surface area contributed by atoms with Crippen LogP contribution in [0, 0.1) is 11.3 Å². The van der Waals surface area contributed by atoms with Gasteiger partial charge in [0.15, 0.2) is 0 Å². The molecule has 2 aromatic rings. The predicted molar refractivity (Wildman–Crippen MR) is 90.6 cm³/mol. The van der Waals surface area contributed by atoms with Crippen molar-refractivity contribution in [3.05, 3.63) is 42.0 Å². The van der Waals surface area contributed by atoms with Crippen molar-refractivity contribution in [2.75, 3.05) is 6.54 Å². The number of phenolic OH excluding ortho intramolecular Hbond substituents is 1. The molecule has 0 saturated heterocycles. The van der Waals surface area contributed by atoms with Crippen molar-refractivity contribution in [3.63, 3.8) is 0 Å². The molecule has 2 nitrogen and oxygen atoms in total. The van der Waals surface area contributed by atoms with Crippen molar-refractivity contribution >= 4 is 10.8 Å². The molecule has 21 heavy (non-hydrogen) atoms. The maximum Gasteiger partial charge on any atom is 0.128 e. The fraction of sp³-hybridized carbons (Fsp3) is 0.474. The Bertz CT molecular complexity index is 616. The molecule has 1 atom stereocenters. The summed E-state index contributed by atoms with van der Waals surface area (Å²) in [6, 6.07) is 12.2. The van der Waals surface area contributed by atoms with Crippen molar-refractivity contribution in [1.29, 1.82) is 0 Å². The Morgan fingerprint density at radius 1 is 1.05 bits per heavy atom. The van der Waals surface area contributed by atoms with Crippen LogP contribution in [0.5, 0.6) is 5.75 Å². The average molecular weight is 285 g/mol. The molecule has 0 spiro atoms. The molecule has 2 aromatic carbocycles. The van der Waals surface area contributed by atoms with E-state index in [1.165, 1.54) is 0 Å². The van der Waals surface area contributed by atoms with E-state index < -0.39 is 0 Å². The van der Waals surface area contributed by atoms with E-state index in [2.05, 4.69) is 46.0 Å². The van der Waals surface area contributed by atoms with Crippen LogP contribution < -0.4 is 5.32 Å². The lowest BCUT2D eigenvalue weighted by molar-refractivity contribution is 0.230. The zero-order valence-electron chi connectivity index (χ0n) is 13.8. The van der Waals surface area contributed by atoms with Crippen LogP contribution >= 0.6 is 0 Å². The fourth-order valence-electron chi connectivity index (χ4n) is 2.35. The first-order valence-corrected chi connectivity index (χ1v) is 7.77. The van der Waals surface area contributed by atoms with Crippen LogP contribution in [-0.4, -0.2) is 11.7 Å². The van der Waals surface area contributed by atoms with Crippen molar-refractivity contribution < 1.29 is 5.11 Å². The first kappa shape index (κ1) is 15.8. The predicted octanol–water partition coefficient (Wildman–Crippen LogP) is 4.88. The summed E-state index contributed by atoms with van der Waals surface area (Å²) >= 11 is 0. The number of hydrogen-bond donors (Lipinski definition) is 2. The fourth-order valence-corrected chi connectivity index (χ4v) is 2.35. The molecule has 0 aliphatic heterocycles. The lowest BCUT2D eigenvalue weighted by atomic mass is 9.81. The normalized spacial score (nSPS) is 13.8. The summed E-state index contributed by atoms with van der Waals surface area (Å²) in [4.78, 5) is 0. The largest absolute Gasteiger partial charge is 0.507 e. The summed E-state index contributed by atoms with van der Waals surface area (Å²) in [5.74, 6) is 1.01. The SMILES string of the molecule is CC(NCC(C)(C)C(C)C)c1ccc2ccccc2c1O. The van der Waals surface area contributed by atoms with E-state index in [9.17, 15) is 5.11 Å². The molecule has 0 bridgehead atoms. The monoisotopic (exact) mass is 285 g/mol. The number of nitrogens with one attached hydrogen (secondary N) is 1. The van der Waals surface area contributed by atoms with Crippen molar-refractivity contribution in [2.45, 2.75) is 40.7 Å². The van der Waals surface area contributed by atoms with E-state index in [0.717, 1.165) is 22.9 Å². The standard InChI is InChI=1S/C19H27NO/c1-13(2)19(4,5)12-20-14(3)16-11-10-15-8-6-7-9-17(15)18(16)21/h6-11,13-14,20-21H,12H2,1-5H3. The number of benzene rings is 2. The number of hydrogen-bond acceptors (Lipinski definition) is 2. The highest BCUT2D eigenvalue weighted by Gasteiger charge is 2.23. The minimum absolute atomic E-state index is 0.132. The molecule has 114 valence electrons. The zero-order valence-corrected chi connectivity index (χ0v) is 13.8. The quantitative estimate of drug-likeness (QED) is 0.820. The van der Waals surface area contributed by atoms with Gasteiger partial charge in [-0.05, 0) is 23.6 Å². The van der Waals surface area contributed by atoms with Gasteiger partial charge >= 0.3 is 0 Å². The van der Waals surface area contributed by atoms with E-state index in [-0.39, 0.29) is 11.5 Å². The van der Waals surface area contributed by atoms with Crippen LogP contribution in [0.2, 0.25) is 0 Å². The molecule has 0 aromatic heterocycles. The van der Waals surface area contributed by atoms with Gasteiger partial charge in [0.05, 0.1) is 0 Å². The van der Waals surface area contributed by atoms with Gasteiger partial charge in [-0.3, -0.25) is 0 Å². The summed E-state index contributed by atoms with van der Waals surface area (Å²) < 4.78 is 0. The van der Waals surface area contributed by atoms with Crippen LogP contribution in [0.3, 0.4) is 0 Å². The maximum atomic E-state index is 10.5. The first-order valence-electron chi connectivity index (χ1n) is 7.77. The molecule has 0 fully saturated rings. The van der Waals surface area contributed by atoms with Gasteiger partial charge in [-0.25, -0.2) is 0 Å². The molecule has 0 amide bonds. The highest BCUT2D eigenvalue weighted by atomic mass is 16.3. The summed E-state index contributed by atoms with van der Waals surface area (Å²) in [5.41, 5.74) is 1.20. The highest BCUT2D eigenvalue weighted by molar-refractivity contribution is 5.89. The number of phenols is 1. The minimum atomic E-state index is 0.132. The van der Waals surface area contributed by atoms with Crippen LogP contribution in [0.1, 0.15) is 46.2 Å². The van der Waals surface area contributed by atoms with Gasteiger partial charge in [-0.1, -0.05) is 64.1 Å². The lowest BCUT2D eigenvalue weighted by Gasteiger charge is -2.31. The Morgan fingerprint density at radius 3 is 2.38 bits per heavy atom. The third-order valence-corrected chi connectivity index (χ3v) is 4.83. The van der Waals surface area contributed by atoms with Crippen molar-refractivity contribution in [1.82, 2.24) is 5.32 Å². The second-order valence-corrected chi connectivity index (χ2v) is 6.97. The third-order valence-electron chi connectivity index (χ3n) is 4.83. The van der Waals surface area contributed by atoms with Crippen LogP contribution in [0.25, 0.3) is 10.8 Å². The number of aromatic hydroxyl groups is 1. The van der Waals surface area contributed by atoms with Gasteiger partial charge < -0.3 is 10.4 Å².